The fourth-order valence-corrected chi connectivity index (χ4v) is 1.67. The molecule has 0 atom stereocenters. The highest BCUT2D eigenvalue weighted by molar-refractivity contribution is 6.52. The second kappa shape index (κ2) is 2.48. The van der Waals surface area contributed by atoms with Crippen molar-refractivity contribution in [2.45, 2.75) is 0 Å². The molecule has 0 aromatic heterocycles. The van der Waals surface area contributed by atoms with Gasteiger partial charge in [0.15, 0.2) is 0 Å². The molecule has 1 aliphatic rings. The van der Waals surface area contributed by atoms with E-state index >= 15 is 0 Å². The zero-order valence-electron chi connectivity index (χ0n) is 4.87. The fourth-order valence-electron chi connectivity index (χ4n) is 0.556. The van der Waals surface area contributed by atoms with Crippen molar-refractivity contribution in [1.29, 1.82) is 0 Å². The summed E-state index contributed by atoms with van der Waals surface area (Å²) in [6.07, 6.45) is 1.12. The Morgan fingerprint density at radius 2 is 2.11 bits per heavy atom. The van der Waals surface area contributed by atoms with Gasteiger partial charge < -0.3 is 18.1 Å². The summed E-state index contributed by atoms with van der Waals surface area (Å²) in [5.41, 5.74) is 0. The Bertz CT molecular complexity index is 109. The molecule has 1 rings (SSSR count). The molecule has 1 fully saturated rings. The molecule has 1 aliphatic heterocycles. The van der Waals surface area contributed by atoms with Crippen LogP contribution in [0.3, 0.4) is 0 Å². The molecule has 0 bridgehead atoms. The van der Waals surface area contributed by atoms with E-state index in [4.69, 9.17) is 13.6 Å². The summed E-state index contributed by atoms with van der Waals surface area (Å²) >= 11 is 0. The smallest absolute Gasteiger partial charge is 0.488 e. The summed E-state index contributed by atoms with van der Waals surface area (Å²) in [6, 6.07) is 0. The lowest BCUT2D eigenvalue weighted by Gasteiger charge is -2.11. The van der Waals surface area contributed by atoms with Gasteiger partial charge in [-0.2, -0.15) is 0 Å². The van der Waals surface area contributed by atoms with Crippen molar-refractivity contribution < 1.29 is 18.1 Å². The van der Waals surface area contributed by atoms with Crippen molar-refractivity contribution >= 4 is 9.05 Å². The van der Waals surface area contributed by atoms with Crippen LogP contribution in [-0.2, 0) is 13.3 Å². The van der Waals surface area contributed by atoms with Crippen molar-refractivity contribution in [2.24, 2.45) is 0 Å². The highest BCUT2D eigenvalue weighted by atomic mass is 28.4. The van der Waals surface area contributed by atoms with E-state index in [0.717, 1.165) is 6.26 Å². The predicted octanol–water partition coefficient (Wildman–Crippen LogP) is -0.379. The first-order valence-electron chi connectivity index (χ1n) is 2.56. The summed E-state index contributed by atoms with van der Waals surface area (Å²) < 4.78 is 14.1. The van der Waals surface area contributed by atoms with Gasteiger partial charge in [-0.15, -0.1) is 0 Å². The maximum Gasteiger partial charge on any atom is 0.746 e. The Morgan fingerprint density at radius 3 is 2.56 bits per heavy atom. The molecule has 0 aliphatic carbocycles. The predicted molar refractivity (Wildman–Crippen MR) is 31.2 cm³/mol. The van der Waals surface area contributed by atoms with Crippen LogP contribution in [0.4, 0.5) is 0 Å². The zero-order chi connectivity index (χ0) is 6.74. The Morgan fingerprint density at radius 1 is 1.56 bits per heavy atom. The average molecular weight is 148 g/mol. The topological polar surface area (TPSA) is 47.9 Å². The quantitative estimate of drug-likeness (QED) is 0.428. The Hall–Kier alpha value is -0.363. The summed E-state index contributed by atoms with van der Waals surface area (Å²) in [7, 11) is -3.20. The van der Waals surface area contributed by atoms with Gasteiger partial charge in [0.1, 0.15) is 0 Å². The van der Waals surface area contributed by atoms with Gasteiger partial charge in [-0.3, -0.25) is 0 Å². The molecule has 5 heteroatoms. The minimum atomic E-state index is -3.20. The van der Waals surface area contributed by atoms with Crippen LogP contribution in [0.2, 0.25) is 0 Å². The Labute approximate surface area is 54.1 Å². The number of hydrogen-bond acceptors (Lipinski definition) is 4. The first-order valence-corrected chi connectivity index (χ1v) is 4.23. The SMILES string of the molecule is C=CO[Si]1(O)OCCO1. The molecule has 0 amide bonds. The maximum atomic E-state index is 9.09. The van der Waals surface area contributed by atoms with Crippen LogP contribution in [0.25, 0.3) is 0 Å². The van der Waals surface area contributed by atoms with Gasteiger partial charge in [0, 0.05) is 0 Å². The summed E-state index contributed by atoms with van der Waals surface area (Å²) in [5.74, 6) is 0. The molecule has 0 aromatic carbocycles. The lowest BCUT2D eigenvalue weighted by atomic mass is 10.8. The standard InChI is InChI=1S/C4H8O4Si/c1-2-6-9(5)7-3-4-8-9/h2,5H,1,3-4H2. The van der Waals surface area contributed by atoms with Crippen molar-refractivity contribution in [1.82, 2.24) is 0 Å². The van der Waals surface area contributed by atoms with Crippen LogP contribution in [0.5, 0.6) is 0 Å². The van der Waals surface area contributed by atoms with E-state index in [1.807, 2.05) is 0 Å². The fraction of sp³-hybridized carbons (Fsp3) is 0.500. The van der Waals surface area contributed by atoms with Gasteiger partial charge in [0.25, 0.3) is 0 Å². The lowest BCUT2D eigenvalue weighted by molar-refractivity contribution is 0.101. The van der Waals surface area contributed by atoms with Crippen LogP contribution in [-0.4, -0.2) is 27.1 Å². The summed E-state index contributed by atoms with van der Waals surface area (Å²) in [4.78, 5) is 9.09. The van der Waals surface area contributed by atoms with Gasteiger partial charge in [0.05, 0.1) is 19.5 Å². The van der Waals surface area contributed by atoms with Gasteiger partial charge in [-0.1, -0.05) is 6.58 Å². The van der Waals surface area contributed by atoms with Gasteiger partial charge in [-0.05, 0) is 0 Å². The largest absolute Gasteiger partial charge is 0.746 e. The summed E-state index contributed by atoms with van der Waals surface area (Å²) in [5, 5.41) is 0. The molecule has 0 spiro atoms. The molecule has 1 N–H and O–H groups in total. The Balaban J connectivity index is 2.40. The van der Waals surface area contributed by atoms with E-state index in [1.165, 1.54) is 0 Å². The normalized spacial score (nSPS) is 23.7. The first kappa shape index (κ1) is 6.75. The van der Waals surface area contributed by atoms with E-state index in [-0.39, 0.29) is 0 Å². The minimum absolute atomic E-state index is 0.399. The third kappa shape index (κ3) is 1.52. The second-order valence-electron chi connectivity index (χ2n) is 1.51. The molecule has 1 heterocycles. The van der Waals surface area contributed by atoms with Crippen LogP contribution in [0.1, 0.15) is 0 Å². The number of hydrogen-bond donors (Lipinski definition) is 1. The molecule has 4 nitrogen and oxygen atoms in total. The maximum absolute atomic E-state index is 9.09. The van der Waals surface area contributed by atoms with E-state index in [1.54, 1.807) is 0 Å². The summed E-state index contributed by atoms with van der Waals surface area (Å²) in [6.45, 7) is 4.06. The lowest BCUT2D eigenvalue weighted by Crippen LogP contribution is -2.38. The Kier molecular flexibility index (Phi) is 1.86. The molecule has 0 unspecified atom stereocenters. The van der Waals surface area contributed by atoms with E-state index in [0.29, 0.717) is 13.2 Å². The van der Waals surface area contributed by atoms with E-state index in [9.17, 15) is 0 Å². The molecule has 0 aromatic rings. The molecular weight excluding hydrogens is 140 g/mol. The van der Waals surface area contributed by atoms with E-state index < -0.39 is 9.05 Å². The molecule has 1 saturated heterocycles. The highest BCUT2D eigenvalue weighted by Crippen LogP contribution is 2.10. The molecule has 0 saturated carbocycles. The number of rotatable bonds is 2. The van der Waals surface area contributed by atoms with Gasteiger partial charge >= 0.3 is 9.05 Å². The van der Waals surface area contributed by atoms with Crippen LogP contribution in [0, 0.1) is 0 Å². The van der Waals surface area contributed by atoms with Crippen LogP contribution in [0.15, 0.2) is 12.8 Å². The average Bonchev–Trinajstić information content (AvgIpc) is 2.16. The van der Waals surface area contributed by atoms with E-state index in [2.05, 4.69) is 11.0 Å². The van der Waals surface area contributed by atoms with Gasteiger partial charge in [0.2, 0.25) is 0 Å². The van der Waals surface area contributed by atoms with Crippen molar-refractivity contribution in [3.05, 3.63) is 12.8 Å². The molecule has 0 radical (unpaired) electrons. The third-order valence-electron chi connectivity index (χ3n) is 0.885. The minimum Gasteiger partial charge on any atom is -0.488 e. The van der Waals surface area contributed by atoms with Crippen molar-refractivity contribution in [3.8, 4) is 0 Å². The monoisotopic (exact) mass is 148 g/mol. The zero-order valence-corrected chi connectivity index (χ0v) is 5.87. The van der Waals surface area contributed by atoms with Gasteiger partial charge in [-0.25, -0.2) is 0 Å². The molecular formula is C4H8O4Si. The van der Waals surface area contributed by atoms with Crippen LogP contribution >= 0.6 is 0 Å². The molecule has 52 valence electrons. The first-order chi connectivity index (χ1) is 4.27. The molecule has 9 heavy (non-hydrogen) atoms. The van der Waals surface area contributed by atoms with Crippen molar-refractivity contribution in [2.75, 3.05) is 13.2 Å². The second-order valence-corrected chi connectivity index (χ2v) is 3.37. The third-order valence-corrected chi connectivity index (χ3v) is 2.49. The van der Waals surface area contributed by atoms with Crippen molar-refractivity contribution in [3.63, 3.8) is 0 Å². The highest BCUT2D eigenvalue weighted by Gasteiger charge is 2.46. The van der Waals surface area contributed by atoms with Crippen LogP contribution < -0.4 is 0 Å².